The molecule has 2 aliphatic rings. The maximum Gasteiger partial charge on any atom is 0.193 e. The molecule has 7 heteroatoms. The Bertz CT molecular complexity index is 492. The van der Waals surface area contributed by atoms with E-state index in [0.29, 0.717) is 0 Å². The Hall–Kier alpha value is -0.540. The number of nitrogens with zero attached hydrogens (tertiary/aromatic N) is 4. The largest absolute Gasteiger partial charge is 0.360 e. The number of thiophene rings is 1. The third-order valence-corrected chi connectivity index (χ3v) is 5.95. The smallest absolute Gasteiger partial charge is 0.193 e. The van der Waals surface area contributed by atoms with E-state index in [9.17, 15) is 0 Å². The number of piperazine rings is 1. The van der Waals surface area contributed by atoms with Crippen LogP contribution in [0.5, 0.6) is 0 Å². The second-order valence-electron chi connectivity index (χ2n) is 6.66. The number of anilines is 1. The summed E-state index contributed by atoms with van der Waals surface area (Å²) in [5.41, 5.74) is 0. The van der Waals surface area contributed by atoms with Crippen LogP contribution in [0.15, 0.2) is 22.5 Å². The van der Waals surface area contributed by atoms with Gasteiger partial charge in [-0.1, -0.05) is 12.8 Å². The van der Waals surface area contributed by atoms with E-state index in [2.05, 4.69) is 42.5 Å². The zero-order valence-corrected chi connectivity index (χ0v) is 18.5. The van der Waals surface area contributed by atoms with Gasteiger partial charge in [-0.05, 0) is 43.4 Å². The van der Waals surface area contributed by atoms with Crippen LogP contribution in [0.4, 0.5) is 5.00 Å². The molecule has 0 unspecified atom stereocenters. The summed E-state index contributed by atoms with van der Waals surface area (Å²) < 4.78 is 0. The van der Waals surface area contributed by atoms with Crippen LogP contribution in [0, 0.1) is 0 Å². The minimum atomic E-state index is 0. The fourth-order valence-corrected chi connectivity index (χ4v) is 4.39. The summed E-state index contributed by atoms with van der Waals surface area (Å²) in [5.74, 6) is 1.07. The number of rotatable bonds is 4. The summed E-state index contributed by atoms with van der Waals surface area (Å²) >= 11 is 1.83. The first-order valence-corrected chi connectivity index (χ1v) is 10.2. The molecular formula is C18H32IN5S. The number of likely N-dealkylation sites (tertiary alicyclic amines) is 1. The first-order valence-electron chi connectivity index (χ1n) is 9.33. The molecule has 0 atom stereocenters. The zero-order chi connectivity index (χ0) is 16.6. The van der Waals surface area contributed by atoms with E-state index in [1.807, 2.05) is 18.4 Å². The third kappa shape index (κ3) is 6.29. The quantitative estimate of drug-likeness (QED) is 0.411. The average Bonchev–Trinajstić information content (AvgIpc) is 3.04. The second-order valence-corrected chi connectivity index (χ2v) is 7.58. The molecular weight excluding hydrogens is 445 g/mol. The Morgan fingerprint density at radius 3 is 2.40 bits per heavy atom. The minimum Gasteiger partial charge on any atom is -0.360 e. The van der Waals surface area contributed by atoms with Gasteiger partial charge >= 0.3 is 0 Å². The van der Waals surface area contributed by atoms with Gasteiger partial charge in [0.05, 0.1) is 5.00 Å². The SMILES string of the molecule is CN=C(NCCN1CCCCCC1)N1CCN(c2cccs2)CC1.I. The van der Waals surface area contributed by atoms with Crippen LogP contribution < -0.4 is 10.2 Å². The van der Waals surface area contributed by atoms with Gasteiger partial charge in [0, 0.05) is 46.3 Å². The Labute approximate surface area is 173 Å². The van der Waals surface area contributed by atoms with Crippen LogP contribution in [0.25, 0.3) is 0 Å². The molecule has 2 saturated heterocycles. The van der Waals surface area contributed by atoms with E-state index >= 15 is 0 Å². The van der Waals surface area contributed by atoms with E-state index in [4.69, 9.17) is 0 Å². The van der Waals surface area contributed by atoms with Crippen LogP contribution in [-0.4, -0.2) is 75.2 Å². The van der Waals surface area contributed by atoms with E-state index in [1.54, 1.807) is 0 Å². The van der Waals surface area contributed by atoms with Gasteiger partial charge in [-0.3, -0.25) is 4.99 Å². The highest BCUT2D eigenvalue weighted by Gasteiger charge is 2.20. The molecule has 0 aromatic carbocycles. The summed E-state index contributed by atoms with van der Waals surface area (Å²) in [4.78, 5) is 12.0. The van der Waals surface area contributed by atoms with Gasteiger partial charge in [0.1, 0.15) is 0 Å². The normalized spacial score (nSPS) is 20.1. The van der Waals surface area contributed by atoms with Crippen molar-refractivity contribution < 1.29 is 0 Å². The van der Waals surface area contributed by atoms with E-state index in [-0.39, 0.29) is 24.0 Å². The topological polar surface area (TPSA) is 34.1 Å². The number of hydrogen-bond acceptors (Lipinski definition) is 4. The number of hydrogen-bond donors (Lipinski definition) is 1. The van der Waals surface area contributed by atoms with Gasteiger partial charge < -0.3 is 20.0 Å². The lowest BCUT2D eigenvalue weighted by Crippen LogP contribution is -2.53. The Balaban J connectivity index is 0.00000225. The van der Waals surface area contributed by atoms with Crippen molar-refractivity contribution in [2.24, 2.45) is 4.99 Å². The number of nitrogens with one attached hydrogen (secondary N) is 1. The minimum absolute atomic E-state index is 0. The molecule has 0 aliphatic carbocycles. The molecule has 0 saturated carbocycles. The molecule has 0 amide bonds. The molecule has 142 valence electrons. The van der Waals surface area contributed by atoms with Gasteiger partial charge in [-0.15, -0.1) is 35.3 Å². The first kappa shape index (κ1) is 20.8. The lowest BCUT2D eigenvalue weighted by Gasteiger charge is -2.37. The van der Waals surface area contributed by atoms with Crippen molar-refractivity contribution >= 4 is 46.3 Å². The van der Waals surface area contributed by atoms with Crippen molar-refractivity contribution in [2.75, 3.05) is 64.3 Å². The molecule has 1 N–H and O–H groups in total. The monoisotopic (exact) mass is 477 g/mol. The summed E-state index contributed by atoms with van der Waals surface area (Å²) in [5, 5.41) is 7.12. The van der Waals surface area contributed by atoms with Crippen LogP contribution in [0.3, 0.4) is 0 Å². The summed E-state index contributed by atoms with van der Waals surface area (Å²) in [6.45, 7) is 8.90. The molecule has 2 aliphatic heterocycles. The van der Waals surface area contributed by atoms with Crippen molar-refractivity contribution in [3.8, 4) is 0 Å². The highest BCUT2D eigenvalue weighted by molar-refractivity contribution is 14.0. The molecule has 0 bridgehead atoms. The van der Waals surface area contributed by atoms with Crippen molar-refractivity contribution in [3.63, 3.8) is 0 Å². The zero-order valence-electron chi connectivity index (χ0n) is 15.3. The maximum absolute atomic E-state index is 4.50. The molecule has 3 rings (SSSR count). The van der Waals surface area contributed by atoms with Crippen LogP contribution in [0.2, 0.25) is 0 Å². The fraction of sp³-hybridized carbons (Fsp3) is 0.722. The molecule has 3 heterocycles. The predicted molar refractivity (Wildman–Crippen MR) is 120 cm³/mol. The third-order valence-electron chi connectivity index (χ3n) is 5.02. The first-order chi connectivity index (χ1) is 11.9. The van der Waals surface area contributed by atoms with E-state index in [1.165, 1.54) is 43.8 Å². The average molecular weight is 477 g/mol. The lowest BCUT2D eigenvalue weighted by atomic mass is 10.2. The van der Waals surface area contributed by atoms with Crippen molar-refractivity contribution in [2.45, 2.75) is 25.7 Å². The van der Waals surface area contributed by atoms with E-state index < -0.39 is 0 Å². The highest BCUT2D eigenvalue weighted by Crippen LogP contribution is 2.22. The molecule has 2 fully saturated rings. The number of aliphatic imine (C=N–C) groups is 1. The molecule has 25 heavy (non-hydrogen) atoms. The van der Waals surface area contributed by atoms with Gasteiger partial charge in [0.2, 0.25) is 0 Å². The molecule has 1 aromatic rings. The summed E-state index contributed by atoms with van der Waals surface area (Å²) in [6, 6.07) is 4.35. The molecule has 5 nitrogen and oxygen atoms in total. The summed E-state index contributed by atoms with van der Waals surface area (Å²) in [7, 11) is 1.90. The van der Waals surface area contributed by atoms with Crippen LogP contribution in [-0.2, 0) is 0 Å². The van der Waals surface area contributed by atoms with Gasteiger partial charge in [0.15, 0.2) is 5.96 Å². The van der Waals surface area contributed by atoms with Gasteiger partial charge in [-0.2, -0.15) is 0 Å². The Kier molecular flexibility index (Phi) is 9.33. The van der Waals surface area contributed by atoms with Crippen molar-refractivity contribution in [1.82, 2.24) is 15.1 Å². The van der Waals surface area contributed by atoms with Crippen LogP contribution >= 0.6 is 35.3 Å². The fourth-order valence-electron chi connectivity index (χ4n) is 3.61. The Morgan fingerprint density at radius 2 is 1.80 bits per heavy atom. The van der Waals surface area contributed by atoms with Crippen LogP contribution in [0.1, 0.15) is 25.7 Å². The Morgan fingerprint density at radius 1 is 1.08 bits per heavy atom. The van der Waals surface area contributed by atoms with Gasteiger partial charge in [-0.25, -0.2) is 0 Å². The predicted octanol–water partition coefficient (Wildman–Crippen LogP) is 2.94. The van der Waals surface area contributed by atoms with Crippen molar-refractivity contribution in [1.29, 1.82) is 0 Å². The number of guanidine groups is 1. The standard InChI is InChI=1S/C18H31N5S.HI/c1-19-18(20-8-11-21-9-4-2-3-5-10-21)23-14-12-22(13-15-23)17-7-6-16-24-17;/h6-7,16H,2-5,8-15H2,1H3,(H,19,20);1H. The molecule has 1 aromatic heterocycles. The van der Waals surface area contributed by atoms with E-state index in [0.717, 1.165) is 45.2 Å². The maximum atomic E-state index is 4.50. The van der Waals surface area contributed by atoms with Crippen molar-refractivity contribution in [3.05, 3.63) is 17.5 Å². The molecule has 0 spiro atoms. The van der Waals surface area contributed by atoms with Gasteiger partial charge in [0.25, 0.3) is 0 Å². The molecule has 0 radical (unpaired) electrons. The lowest BCUT2D eigenvalue weighted by molar-refractivity contribution is 0.286. The summed E-state index contributed by atoms with van der Waals surface area (Å²) in [6.07, 6.45) is 5.53. The highest BCUT2D eigenvalue weighted by atomic mass is 127. The number of halogens is 1. The second kappa shape index (κ2) is 11.2.